The fourth-order valence-corrected chi connectivity index (χ4v) is 3.95. The first kappa shape index (κ1) is 16.6. The van der Waals surface area contributed by atoms with Gasteiger partial charge in [0.2, 0.25) is 5.91 Å². The maximum atomic E-state index is 11.9. The molecule has 0 aromatic heterocycles. The van der Waals surface area contributed by atoms with E-state index in [0.717, 1.165) is 0 Å². The second-order valence-electron chi connectivity index (χ2n) is 3.57. The van der Waals surface area contributed by atoms with E-state index in [2.05, 4.69) is 0 Å². The van der Waals surface area contributed by atoms with Gasteiger partial charge in [0.05, 0.1) is 6.04 Å². The van der Waals surface area contributed by atoms with Gasteiger partial charge < -0.3 is 18.2 Å². The molecule has 0 atom stereocenters. The van der Waals surface area contributed by atoms with Crippen molar-refractivity contribution >= 4 is 14.7 Å². The molecular weight excluding hydrogens is 238 g/mol. The van der Waals surface area contributed by atoms with Crippen LogP contribution in [0.1, 0.15) is 27.7 Å². The van der Waals surface area contributed by atoms with Gasteiger partial charge in [-0.15, -0.1) is 0 Å². The molecule has 102 valence electrons. The highest BCUT2D eigenvalue weighted by atomic mass is 28.4. The molecule has 6 heteroatoms. The van der Waals surface area contributed by atoms with Crippen molar-refractivity contribution in [1.82, 2.24) is 4.90 Å². The molecule has 0 aliphatic heterocycles. The van der Waals surface area contributed by atoms with Gasteiger partial charge in [0.25, 0.3) is 0 Å². The third-order valence-corrected chi connectivity index (χ3v) is 5.28. The molecule has 17 heavy (non-hydrogen) atoms. The highest BCUT2D eigenvalue weighted by molar-refractivity contribution is 6.64. The smallest absolute Gasteiger partial charge is 0.373 e. The Morgan fingerprint density at radius 2 is 1.41 bits per heavy atom. The second-order valence-corrected chi connectivity index (χ2v) is 6.15. The Kier molecular flexibility index (Phi) is 8.41. The van der Waals surface area contributed by atoms with E-state index in [1.165, 1.54) is 0 Å². The Balaban J connectivity index is 4.69. The molecule has 5 nitrogen and oxygen atoms in total. The van der Waals surface area contributed by atoms with Crippen LogP contribution in [-0.2, 0) is 18.1 Å². The Morgan fingerprint density at radius 3 is 1.71 bits per heavy atom. The summed E-state index contributed by atoms with van der Waals surface area (Å²) in [4.78, 5) is 13.6. The first-order chi connectivity index (χ1) is 8.05. The van der Waals surface area contributed by atoms with E-state index >= 15 is 0 Å². The van der Waals surface area contributed by atoms with Crippen LogP contribution in [-0.4, -0.2) is 53.0 Å². The van der Waals surface area contributed by atoms with Gasteiger partial charge in [0, 0.05) is 33.4 Å². The summed E-state index contributed by atoms with van der Waals surface area (Å²) in [5.41, 5.74) is 0. The zero-order valence-electron chi connectivity index (χ0n) is 11.6. The molecule has 0 unspecified atom stereocenters. The van der Waals surface area contributed by atoms with Crippen molar-refractivity contribution in [2.24, 2.45) is 0 Å². The van der Waals surface area contributed by atoms with Gasteiger partial charge in [-0.2, -0.15) is 0 Å². The minimum atomic E-state index is -2.83. The number of carbonyl (C=O) groups is 1. The minimum absolute atomic E-state index is 0.00881. The Morgan fingerprint density at radius 1 is 1.00 bits per heavy atom. The lowest BCUT2D eigenvalue weighted by molar-refractivity contribution is -0.128. The monoisotopic (exact) mass is 263 g/mol. The predicted molar refractivity (Wildman–Crippen MR) is 68.8 cm³/mol. The maximum Gasteiger partial charge on any atom is 0.510 e. The first-order valence-electron chi connectivity index (χ1n) is 6.21. The average Bonchev–Trinajstić information content (AvgIpc) is 2.28. The molecule has 0 N–H and O–H groups in total. The maximum absolute atomic E-state index is 11.9. The third-order valence-electron chi connectivity index (χ3n) is 2.36. The number of carbonyl (C=O) groups excluding carboxylic acids is 1. The van der Waals surface area contributed by atoms with E-state index in [1.54, 1.807) is 11.9 Å². The molecule has 0 heterocycles. The average molecular weight is 263 g/mol. The third kappa shape index (κ3) is 5.63. The van der Waals surface area contributed by atoms with Crippen LogP contribution in [0.2, 0.25) is 6.04 Å². The molecule has 0 aliphatic carbocycles. The molecule has 0 aliphatic rings. The largest absolute Gasteiger partial charge is 0.510 e. The van der Waals surface area contributed by atoms with Crippen LogP contribution in [0.3, 0.4) is 0 Å². The van der Waals surface area contributed by atoms with Crippen molar-refractivity contribution in [3.8, 4) is 0 Å². The number of amides is 1. The Hall–Kier alpha value is -0.433. The van der Waals surface area contributed by atoms with Gasteiger partial charge in [0.15, 0.2) is 0 Å². The van der Waals surface area contributed by atoms with Crippen LogP contribution in [0.4, 0.5) is 0 Å². The highest BCUT2D eigenvalue weighted by Gasteiger charge is 2.43. The van der Waals surface area contributed by atoms with Gasteiger partial charge in [-0.3, -0.25) is 4.79 Å². The SMILES string of the molecule is CCO[Si](CC(=O)N(C)CC)(OCC)OCC. The van der Waals surface area contributed by atoms with Crippen LogP contribution in [0, 0.1) is 0 Å². The number of hydrogen-bond acceptors (Lipinski definition) is 4. The van der Waals surface area contributed by atoms with Gasteiger partial charge in [-0.25, -0.2) is 0 Å². The van der Waals surface area contributed by atoms with Crippen molar-refractivity contribution in [2.75, 3.05) is 33.4 Å². The molecule has 0 saturated carbocycles. The van der Waals surface area contributed by atoms with E-state index in [-0.39, 0.29) is 12.0 Å². The molecule has 0 saturated heterocycles. The quantitative estimate of drug-likeness (QED) is 0.592. The lowest BCUT2D eigenvalue weighted by Gasteiger charge is -2.29. The van der Waals surface area contributed by atoms with E-state index in [0.29, 0.717) is 26.4 Å². The lowest BCUT2D eigenvalue weighted by Crippen LogP contribution is -2.49. The number of rotatable bonds is 9. The summed E-state index contributed by atoms with van der Waals surface area (Å²) in [6, 6.07) is 0.215. The molecule has 0 fully saturated rings. The van der Waals surface area contributed by atoms with Crippen LogP contribution in [0.5, 0.6) is 0 Å². The summed E-state index contributed by atoms with van der Waals surface area (Å²) >= 11 is 0. The van der Waals surface area contributed by atoms with Crippen molar-refractivity contribution in [2.45, 2.75) is 33.7 Å². The summed E-state index contributed by atoms with van der Waals surface area (Å²) in [7, 11) is -1.06. The van der Waals surface area contributed by atoms with Crippen LogP contribution < -0.4 is 0 Å². The normalized spacial score (nSPS) is 11.6. The number of hydrogen-bond donors (Lipinski definition) is 0. The molecular formula is C11H25NO4Si. The van der Waals surface area contributed by atoms with E-state index in [9.17, 15) is 4.79 Å². The van der Waals surface area contributed by atoms with Crippen molar-refractivity contribution < 1.29 is 18.1 Å². The molecule has 0 bridgehead atoms. The molecule has 0 radical (unpaired) electrons. The van der Waals surface area contributed by atoms with Crippen LogP contribution in [0.15, 0.2) is 0 Å². The van der Waals surface area contributed by atoms with Crippen molar-refractivity contribution in [1.29, 1.82) is 0 Å². The van der Waals surface area contributed by atoms with Gasteiger partial charge >= 0.3 is 8.80 Å². The van der Waals surface area contributed by atoms with Crippen molar-refractivity contribution in [3.63, 3.8) is 0 Å². The fourth-order valence-electron chi connectivity index (χ4n) is 1.43. The van der Waals surface area contributed by atoms with Gasteiger partial charge in [-0.1, -0.05) is 0 Å². The predicted octanol–water partition coefficient (Wildman–Crippen LogP) is 1.51. The topological polar surface area (TPSA) is 48.0 Å². The summed E-state index contributed by atoms with van der Waals surface area (Å²) in [6.07, 6.45) is 0. The second kappa shape index (κ2) is 8.63. The van der Waals surface area contributed by atoms with Crippen molar-refractivity contribution in [3.05, 3.63) is 0 Å². The van der Waals surface area contributed by atoms with Crippen LogP contribution >= 0.6 is 0 Å². The van der Waals surface area contributed by atoms with E-state index in [1.807, 2.05) is 27.7 Å². The summed E-state index contributed by atoms with van der Waals surface area (Å²) in [5, 5.41) is 0. The van der Waals surface area contributed by atoms with Gasteiger partial charge in [0.1, 0.15) is 0 Å². The summed E-state index contributed by atoms with van der Waals surface area (Å²) in [5.74, 6) is 0.00881. The minimum Gasteiger partial charge on any atom is -0.373 e. The zero-order valence-corrected chi connectivity index (χ0v) is 12.6. The zero-order chi connectivity index (χ0) is 13.3. The molecule has 0 aromatic rings. The molecule has 0 aromatic carbocycles. The Labute approximate surface area is 105 Å². The molecule has 1 amide bonds. The lowest BCUT2D eigenvalue weighted by atomic mass is 10.5. The molecule has 0 spiro atoms. The first-order valence-corrected chi connectivity index (χ1v) is 8.14. The van der Waals surface area contributed by atoms with Crippen LogP contribution in [0.25, 0.3) is 0 Å². The van der Waals surface area contributed by atoms with E-state index in [4.69, 9.17) is 13.3 Å². The highest BCUT2D eigenvalue weighted by Crippen LogP contribution is 2.17. The summed E-state index contributed by atoms with van der Waals surface area (Å²) < 4.78 is 16.9. The number of nitrogens with zero attached hydrogens (tertiary/aromatic N) is 1. The van der Waals surface area contributed by atoms with Gasteiger partial charge in [-0.05, 0) is 27.7 Å². The Bertz CT molecular complexity index is 208. The standard InChI is InChI=1S/C11H25NO4Si/c1-6-12(5)11(13)10-17(14-7-2,15-8-3)16-9-4/h6-10H2,1-5H3. The van der Waals surface area contributed by atoms with E-state index < -0.39 is 8.80 Å². The fraction of sp³-hybridized carbons (Fsp3) is 0.909. The summed E-state index contributed by atoms with van der Waals surface area (Å²) in [6.45, 7) is 9.74. The molecule has 0 rings (SSSR count).